The van der Waals surface area contributed by atoms with Gasteiger partial charge in [-0.15, -0.1) is 11.3 Å². The number of fused-ring (bicyclic) bond motifs is 1. The number of rotatable bonds is 5. The highest BCUT2D eigenvalue weighted by Gasteiger charge is 2.22. The van der Waals surface area contributed by atoms with Crippen LogP contribution in [0.15, 0.2) is 35.7 Å². The van der Waals surface area contributed by atoms with Crippen molar-refractivity contribution in [3.63, 3.8) is 0 Å². The Hall–Kier alpha value is -2.05. The van der Waals surface area contributed by atoms with Crippen LogP contribution in [0.5, 0.6) is 11.5 Å². The molecule has 0 radical (unpaired) electrons. The monoisotopic (exact) mass is 319 g/mol. The molecule has 22 heavy (non-hydrogen) atoms. The first-order chi connectivity index (χ1) is 10.6. The summed E-state index contributed by atoms with van der Waals surface area (Å²) < 4.78 is 10.6. The quantitative estimate of drug-likeness (QED) is 0.887. The van der Waals surface area contributed by atoms with E-state index < -0.39 is 0 Å². The summed E-state index contributed by atoms with van der Waals surface area (Å²) >= 11 is 1.71. The zero-order chi connectivity index (χ0) is 15.5. The highest BCUT2D eigenvalue weighted by molar-refractivity contribution is 7.10. The van der Waals surface area contributed by atoms with Gasteiger partial charge in [0.05, 0.1) is 4.88 Å². The maximum atomic E-state index is 12.3. The number of benzene rings is 1. The number of nitrogens with two attached hydrogens (primary N) is 1. The molecule has 6 heteroatoms. The van der Waals surface area contributed by atoms with Crippen LogP contribution in [0.4, 0.5) is 5.69 Å². The Kier molecular flexibility index (Phi) is 4.31. The van der Waals surface area contributed by atoms with Gasteiger partial charge in [-0.3, -0.25) is 4.79 Å². The molecule has 1 aliphatic heterocycles. The molecule has 116 valence electrons. The van der Waals surface area contributed by atoms with Crippen LogP contribution >= 0.6 is 11.3 Å². The molecule has 1 aromatic carbocycles. The van der Waals surface area contributed by atoms with Gasteiger partial charge in [0, 0.05) is 11.8 Å². The van der Waals surface area contributed by atoms with E-state index in [-0.39, 0.29) is 24.8 Å². The van der Waals surface area contributed by atoms with Gasteiger partial charge in [-0.2, -0.15) is 0 Å². The standard InChI is InChI=1S/C16H18N2O3S/c1-10(15-4-3-7-22-15)17-11(2)16(19)18-12-5-6-13-14(8-12)21-9-20-13/h3-8,10-11,17H,9H2,1-2H3,(H,18,19)/p+1/t10-,11+/m0/s1. The maximum absolute atomic E-state index is 12.3. The first-order valence-corrected chi connectivity index (χ1v) is 8.10. The first-order valence-electron chi connectivity index (χ1n) is 7.22. The predicted octanol–water partition coefficient (Wildman–Crippen LogP) is 2.13. The molecule has 0 bridgehead atoms. The van der Waals surface area contributed by atoms with Gasteiger partial charge in [0.2, 0.25) is 6.79 Å². The maximum Gasteiger partial charge on any atom is 0.282 e. The minimum absolute atomic E-state index is 0.0257. The Morgan fingerprint density at radius 3 is 2.86 bits per heavy atom. The zero-order valence-corrected chi connectivity index (χ0v) is 13.4. The van der Waals surface area contributed by atoms with Crippen LogP contribution in [-0.2, 0) is 4.79 Å². The second-order valence-corrected chi connectivity index (χ2v) is 6.32. The molecule has 0 saturated carbocycles. The smallest absolute Gasteiger partial charge is 0.282 e. The summed E-state index contributed by atoms with van der Waals surface area (Å²) in [6.45, 7) is 4.25. The highest BCUT2D eigenvalue weighted by atomic mass is 32.1. The predicted molar refractivity (Wildman–Crippen MR) is 85.3 cm³/mol. The Bertz CT molecular complexity index is 657. The number of carbonyl (C=O) groups is 1. The Labute approximate surface area is 133 Å². The first kappa shape index (κ1) is 14.9. The molecule has 2 aromatic rings. The highest BCUT2D eigenvalue weighted by Crippen LogP contribution is 2.34. The van der Waals surface area contributed by atoms with Crippen molar-refractivity contribution in [2.75, 3.05) is 12.1 Å². The molecule has 5 nitrogen and oxygen atoms in total. The summed E-state index contributed by atoms with van der Waals surface area (Å²) in [7, 11) is 0. The van der Waals surface area contributed by atoms with E-state index in [1.807, 2.05) is 19.1 Å². The molecule has 0 unspecified atom stereocenters. The molecule has 1 amide bonds. The van der Waals surface area contributed by atoms with Gasteiger partial charge in [-0.05, 0) is 37.4 Å². The SMILES string of the molecule is C[C@H]([NH2+][C@H](C)C(=O)Nc1ccc2c(c1)OCO2)c1cccs1. The molecule has 0 spiro atoms. The number of ether oxygens (including phenoxy) is 2. The van der Waals surface area contributed by atoms with Crippen LogP contribution in [0.25, 0.3) is 0 Å². The molecule has 3 N–H and O–H groups in total. The van der Waals surface area contributed by atoms with Crippen LogP contribution < -0.4 is 20.1 Å². The van der Waals surface area contributed by atoms with Crippen molar-refractivity contribution in [1.82, 2.24) is 0 Å². The van der Waals surface area contributed by atoms with E-state index in [0.29, 0.717) is 11.5 Å². The lowest BCUT2D eigenvalue weighted by molar-refractivity contribution is -0.709. The number of nitrogens with one attached hydrogen (secondary N) is 1. The van der Waals surface area contributed by atoms with Crippen molar-refractivity contribution in [3.05, 3.63) is 40.6 Å². The summed E-state index contributed by atoms with van der Waals surface area (Å²) in [6.07, 6.45) is 0. The fourth-order valence-corrected chi connectivity index (χ4v) is 3.16. The summed E-state index contributed by atoms with van der Waals surface area (Å²) in [6, 6.07) is 9.62. The van der Waals surface area contributed by atoms with Crippen molar-refractivity contribution in [2.45, 2.75) is 25.9 Å². The number of hydrogen-bond donors (Lipinski definition) is 2. The molecule has 0 fully saturated rings. The second kappa shape index (κ2) is 6.37. The third kappa shape index (κ3) is 3.23. The van der Waals surface area contributed by atoms with E-state index in [2.05, 4.69) is 29.0 Å². The summed E-state index contributed by atoms with van der Waals surface area (Å²) in [5.74, 6) is 1.35. The van der Waals surface area contributed by atoms with Crippen molar-refractivity contribution < 1.29 is 19.6 Å². The summed E-state index contributed by atoms with van der Waals surface area (Å²) in [4.78, 5) is 13.6. The number of thiophene rings is 1. The average molecular weight is 319 g/mol. The largest absolute Gasteiger partial charge is 0.454 e. The van der Waals surface area contributed by atoms with Crippen molar-refractivity contribution >= 4 is 22.9 Å². The fraction of sp³-hybridized carbons (Fsp3) is 0.312. The lowest BCUT2D eigenvalue weighted by Gasteiger charge is -2.15. The van der Waals surface area contributed by atoms with E-state index in [9.17, 15) is 4.79 Å². The topological polar surface area (TPSA) is 64.2 Å². The van der Waals surface area contributed by atoms with E-state index in [1.54, 1.807) is 23.5 Å². The third-order valence-corrected chi connectivity index (χ3v) is 4.70. The summed E-state index contributed by atoms with van der Waals surface area (Å²) in [5, 5.41) is 7.04. The fourth-order valence-electron chi connectivity index (χ4n) is 2.40. The van der Waals surface area contributed by atoms with E-state index >= 15 is 0 Å². The van der Waals surface area contributed by atoms with Crippen molar-refractivity contribution in [3.8, 4) is 11.5 Å². The average Bonchev–Trinajstić information content (AvgIpc) is 3.18. The zero-order valence-electron chi connectivity index (χ0n) is 12.5. The van der Waals surface area contributed by atoms with Crippen LogP contribution in [0.3, 0.4) is 0 Å². The molecule has 1 aliphatic rings. The lowest BCUT2D eigenvalue weighted by Crippen LogP contribution is -2.91. The minimum atomic E-state index is -0.178. The van der Waals surface area contributed by atoms with Gasteiger partial charge in [0.1, 0.15) is 6.04 Å². The molecule has 2 atom stereocenters. The number of anilines is 1. The van der Waals surface area contributed by atoms with Crippen molar-refractivity contribution in [2.24, 2.45) is 0 Å². The number of amides is 1. The molecular formula is C16H19N2O3S+. The Balaban J connectivity index is 1.59. The molecule has 2 heterocycles. The normalized spacial score (nSPS) is 15.4. The van der Waals surface area contributed by atoms with Gasteiger partial charge < -0.3 is 20.1 Å². The molecule has 3 rings (SSSR count). The number of quaternary nitrogens is 1. The van der Waals surface area contributed by atoms with Crippen LogP contribution in [0, 0.1) is 0 Å². The van der Waals surface area contributed by atoms with Gasteiger partial charge in [0.15, 0.2) is 17.5 Å². The van der Waals surface area contributed by atoms with E-state index in [4.69, 9.17) is 9.47 Å². The Morgan fingerprint density at radius 2 is 2.09 bits per heavy atom. The molecule has 1 aromatic heterocycles. The number of hydrogen-bond acceptors (Lipinski definition) is 4. The molecular weight excluding hydrogens is 300 g/mol. The van der Waals surface area contributed by atoms with Crippen LogP contribution in [0.2, 0.25) is 0 Å². The molecule has 0 saturated heterocycles. The number of carbonyl (C=O) groups excluding carboxylic acids is 1. The van der Waals surface area contributed by atoms with E-state index in [1.165, 1.54) is 4.88 Å². The lowest BCUT2D eigenvalue weighted by atomic mass is 10.2. The molecule has 0 aliphatic carbocycles. The minimum Gasteiger partial charge on any atom is -0.454 e. The third-order valence-electron chi connectivity index (χ3n) is 3.62. The van der Waals surface area contributed by atoms with Gasteiger partial charge in [-0.1, -0.05) is 6.07 Å². The van der Waals surface area contributed by atoms with Gasteiger partial charge >= 0.3 is 0 Å². The van der Waals surface area contributed by atoms with Crippen LogP contribution in [0.1, 0.15) is 24.8 Å². The Morgan fingerprint density at radius 1 is 1.27 bits per heavy atom. The second-order valence-electron chi connectivity index (χ2n) is 5.34. The van der Waals surface area contributed by atoms with Gasteiger partial charge in [0.25, 0.3) is 5.91 Å². The van der Waals surface area contributed by atoms with Gasteiger partial charge in [-0.25, -0.2) is 0 Å². The van der Waals surface area contributed by atoms with Crippen LogP contribution in [-0.4, -0.2) is 18.7 Å². The van der Waals surface area contributed by atoms with E-state index in [0.717, 1.165) is 5.69 Å². The van der Waals surface area contributed by atoms with Crippen molar-refractivity contribution in [1.29, 1.82) is 0 Å². The summed E-state index contributed by atoms with van der Waals surface area (Å²) in [5.41, 5.74) is 0.721.